The summed E-state index contributed by atoms with van der Waals surface area (Å²) in [6.45, 7) is 4.22. The minimum atomic E-state index is -0.452. The van der Waals surface area contributed by atoms with Crippen LogP contribution in [0.2, 0.25) is 0 Å². The van der Waals surface area contributed by atoms with Gasteiger partial charge >= 0.3 is 0 Å². The quantitative estimate of drug-likeness (QED) is 0.465. The van der Waals surface area contributed by atoms with Gasteiger partial charge in [0.05, 0.1) is 12.2 Å². The molecule has 1 rings (SSSR count). The number of amides is 1. The van der Waals surface area contributed by atoms with Gasteiger partial charge in [-0.3, -0.25) is 9.80 Å². The highest BCUT2D eigenvalue weighted by molar-refractivity contribution is 5.92. The highest BCUT2D eigenvalue weighted by Crippen LogP contribution is 2.13. The van der Waals surface area contributed by atoms with Gasteiger partial charge in [0.2, 0.25) is 5.91 Å². The lowest BCUT2D eigenvalue weighted by molar-refractivity contribution is 0.100. The largest absolute Gasteiger partial charge is 0.366 e. The van der Waals surface area contributed by atoms with Crippen molar-refractivity contribution in [2.75, 3.05) is 13.6 Å². The molecule has 0 atom stereocenters. The van der Waals surface area contributed by atoms with Gasteiger partial charge in [0.1, 0.15) is 0 Å². The van der Waals surface area contributed by atoms with Gasteiger partial charge in [0, 0.05) is 12.6 Å². The minimum Gasteiger partial charge on any atom is -0.366 e. The van der Waals surface area contributed by atoms with E-state index in [1.54, 1.807) is 42.4 Å². The van der Waals surface area contributed by atoms with Crippen LogP contribution < -0.4 is 5.73 Å². The number of rotatable bonds is 5. The summed E-state index contributed by atoms with van der Waals surface area (Å²) in [6, 6.07) is 6.60. The maximum atomic E-state index is 10.8. The molecule has 0 spiro atoms. The first-order chi connectivity index (χ1) is 7.63. The van der Waals surface area contributed by atoms with E-state index in [0.717, 1.165) is 0 Å². The Bertz CT molecular complexity index is 397. The summed E-state index contributed by atoms with van der Waals surface area (Å²) in [4.78, 5) is 10.8. The molecule has 1 aromatic carbocycles. The second-order valence-electron chi connectivity index (χ2n) is 3.23. The normalized spacial score (nSPS) is 10.3. The second-order valence-corrected chi connectivity index (χ2v) is 3.23. The average Bonchev–Trinajstić information content (AvgIpc) is 2.27. The Morgan fingerprint density at radius 2 is 2.12 bits per heavy atom. The smallest absolute Gasteiger partial charge is 0.248 e. The van der Waals surface area contributed by atoms with Crippen molar-refractivity contribution in [2.24, 2.45) is 16.1 Å². The molecule has 5 nitrogen and oxygen atoms in total. The van der Waals surface area contributed by atoms with E-state index in [4.69, 9.17) is 5.73 Å². The lowest BCUT2D eigenvalue weighted by Crippen LogP contribution is -2.10. The molecular weight excluding hydrogens is 204 g/mol. The Hall–Kier alpha value is -2.17. The molecule has 1 aromatic rings. The third-order valence-corrected chi connectivity index (χ3v) is 1.86. The molecule has 0 saturated carbocycles. The number of primary amides is 1. The molecule has 0 aliphatic heterocycles. The third kappa shape index (κ3) is 3.53. The zero-order chi connectivity index (χ0) is 12.0. The molecule has 5 heteroatoms. The van der Waals surface area contributed by atoms with E-state index in [0.29, 0.717) is 17.8 Å². The van der Waals surface area contributed by atoms with E-state index >= 15 is 0 Å². The fourth-order valence-corrected chi connectivity index (χ4v) is 1.04. The van der Waals surface area contributed by atoms with Crippen LogP contribution in [0.5, 0.6) is 0 Å². The molecule has 0 aliphatic rings. The van der Waals surface area contributed by atoms with Gasteiger partial charge in [-0.05, 0) is 24.3 Å². The number of carbonyl (C=O) groups is 1. The molecule has 0 heterocycles. The predicted molar refractivity (Wildman–Crippen MR) is 62.3 cm³/mol. The van der Waals surface area contributed by atoms with Gasteiger partial charge in [-0.15, -0.1) is 11.7 Å². The van der Waals surface area contributed by atoms with E-state index in [1.807, 2.05) is 0 Å². The molecule has 16 heavy (non-hydrogen) atoms. The summed E-state index contributed by atoms with van der Waals surface area (Å²) in [5.41, 5.74) is 6.24. The maximum absolute atomic E-state index is 10.8. The van der Waals surface area contributed by atoms with Crippen LogP contribution in [0, 0.1) is 0 Å². The van der Waals surface area contributed by atoms with Gasteiger partial charge in [0.25, 0.3) is 0 Å². The molecule has 0 aromatic heterocycles. The van der Waals surface area contributed by atoms with E-state index in [-0.39, 0.29) is 0 Å². The van der Waals surface area contributed by atoms with Crippen molar-refractivity contribution in [3.63, 3.8) is 0 Å². The monoisotopic (exact) mass is 218 g/mol. The van der Waals surface area contributed by atoms with Crippen molar-refractivity contribution in [1.29, 1.82) is 0 Å². The number of carbonyl (C=O) groups excluding carboxylic acids is 1. The first-order valence-corrected chi connectivity index (χ1v) is 4.77. The van der Waals surface area contributed by atoms with Gasteiger partial charge in [0.15, 0.2) is 0 Å². The number of likely N-dealkylation sites (N-methyl/N-ethyl adjacent to an activating group) is 1. The van der Waals surface area contributed by atoms with E-state index in [9.17, 15) is 4.79 Å². The first-order valence-electron chi connectivity index (χ1n) is 4.77. The second kappa shape index (κ2) is 5.65. The Balaban J connectivity index is 2.68. The Labute approximate surface area is 94.2 Å². The predicted octanol–water partition coefficient (Wildman–Crippen LogP) is 1.90. The van der Waals surface area contributed by atoms with Crippen LogP contribution in [0.25, 0.3) is 0 Å². The van der Waals surface area contributed by atoms with E-state index < -0.39 is 5.91 Å². The molecule has 0 saturated heterocycles. The molecule has 0 fully saturated rings. The van der Waals surface area contributed by atoms with Gasteiger partial charge in [-0.2, -0.15) is 0 Å². The van der Waals surface area contributed by atoms with Crippen LogP contribution in [0.4, 0.5) is 5.69 Å². The molecule has 1 amide bonds. The summed E-state index contributed by atoms with van der Waals surface area (Å²) >= 11 is 0. The molecule has 0 unspecified atom stereocenters. The minimum absolute atomic E-state index is 0.452. The summed E-state index contributed by atoms with van der Waals surface area (Å²) in [6.07, 6.45) is 1.73. The van der Waals surface area contributed by atoms with Crippen LogP contribution in [0.1, 0.15) is 10.4 Å². The van der Waals surface area contributed by atoms with Crippen molar-refractivity contribution in [2.45, 2.75) is 0 Å². The first kappa shape index (κ1) is 11.9. The van der Waals surface area contributed by atoms with Crippen LogP contribution in [0.15, 0.2) is 47.3 Å². The Morgan fingerprint density at radius 1 is 1.50 bits per heavy atom. The topological polar surface area (TPSA) is 71.1 Å². The van der Waals surface area contributed by atoms with Crippen LogP contribution >= 0.6 is 0 Å². The molecule has 2 N–H and O–H groups in total. The van der Waals surface area contributed by atoms with Crippen molar-refractivity contribution in [3.05, 3.63) is 42.5 Å². The Morgan fingerprint density at radius 3 is 2.62 bits per heavy atom. The molecule has 84 valence electrons. The number of nitrogens with zero attached hydrogens (tertiary/aromatic N) is 3. The summed E-state index contributed by atoms with van der Waals surface area (Å²) in [5.74, 6) is -0.452. The fraction of sp³-hybridized carbons (Fsp3) is 0.182. The van der Waals surface area contributed by atoms with E-state index in [2.05, 4.69) is 16.9 Å². The van der Waals surface area contributed by atoms with Crippen LogP contribution in [-0.4, -0.2) is 24.5 Å². The van der Waals surface area contributed by atoms with Crippen LogP contribution in [0.3, 0.4) is 0 Å². The SMILES string of the molecule is C=CCN(C)N=Nc1ccc(C(N)=O)cc1. The zero-order valence-corrected chi connectivity index (χ0v) is 9.13. The van der Waals surface area contributed by atoms with E-state index in [1.165, 1.54) is 0 Å². The van der Waals surface area contributed by atoms with Crippen molar-refractivity contribution >= 4 is 11.6 Å². The summed E-state index contributed by atoms with van der Waals surface area (Å²) in [7, 11) is 1.79. The fourth-order valence-electron chi connectivity index (χ4n) is 1.04. The average molecular weight is 218 g/mol. The van der Waals surface area contributed by atoms with Gasteiger partial charge < -0.3 is 5.73 Å². The van der Waals surface area contributed by atoms with Crippen molar-refractivity contribution < 1.29 is 4.79 Å². The third-order valence-electron chi connectivity index (χ3n) is 1.86. The number of hydrogen-bond acceptors (Lipinski definition) is 3. The van der Waals surface area contributed by atoms with Crippen LogP contribution in [-0.2, 0) is 0 Å². The highest BCUT2D eigenvalue weighted by Gasteiger charge is 1.98. The number of hydrogen-bond donors (Lipinski definition) is 1. The molecule has 0 bridgehead atoms. The molecular formula is C11H14N4O. The number of nitrogens with two attached hydrogens (primary N) is 1. The highest BCUT2D eigenvalue weighted by atomic mass is 16.1. The summed E-state index contributed by atoms with van der Waals surface area (Å²) in [5, 5.41) is 9.55. The van der Waals surface area contributed by atoms with Gasteiger partial charge in [-0.25, -0.2) is 0 Å². The lowest BCUT2D eigenvalue weighted by Gasteiger charge is -2.06. The van der Waals surface area contributed by atoms with Crippen molar-refractivity contribution in [3.8, 4) is 0 Å². The maximum Gasteiger partial charge on any atom is 0.248 e. The van der Waals surface area contributed by atoms with Gasteiger partial charge in [-0.1, -0.05) is 11.3 Å². The van der Waals surface area contributed by atoms with Crippen molar-refractivity contribution in [1.82, 2.24) is 5.01 Å². The summed E-state index contributed by atoms with van der Waals surface area (Å²) < 4.78 is 0. The molecule has 0 radical (unpaired) electrons. The number of benzene rings is 1. The lowest BCUT2D eigenvalue weighted by atomic mass is 10.2. The molecule has 0 aliphatic carbocycles. The Kier molecular flexibility index (Phi) is 4.20. The standard InChI is InChI=1S/C11H14N4O/c1-3-8-15(2)14-13-10-6-4-9(5-7-10)11(12)16/h3-7H,1,8H2,2H3,(H2,12,16). The zero-order valence-electron chi connectivity index (χ0n) is 9.13.